The molecule has 1 aromatic carbocycles. The molecule has 1 aliphatic rings. The molecule has 0 N–H and O–H groups in total. The van der Waals surface area contributed by atoms with Gasteiger partial charge in [-0.25, -0.2) is 0 Å². The van der Waals surface area contributed by atoms with Gasteiger partial charge >= 0.3 is 0 Å². The van der Waals surface area contributed by atoms with Crippen molar-refractivity contribution >= 4 is 11.2 Å². The summed E-state index contributed by atoms with van der Waals surface area (Å²) in [5, 5.41) is 0. The van der Waals surface area contributed by atoms with E-state index in [1.165, 1.54) is 24.0 Å². The van der Waals surface area contributed by atoms with Crippen molar-refractivity contribution in [3.05, 3.63) is 29.3 Å². The molecule has 1 aliphatic carbocycles. The van der Waals surface area contributed by atoms with Gasteiger partial charge in [-0.15, -0.1) is 0 Å². The predicted octanol–water partition coefficient (Wildman–Crippen LogP) is 3.42. The summed E-state index contributed by atoms with van der Waals surface area (Å²) in [5.41, 5.74) is 2.62. The fourth-order valence-corrected chi connectivity index (χ4v) is 2.89. The Bertz CT molecular complexity index is 354. The van der Waals surface area contributed by atoms with Crippen molar-refractivity contribution in [1.29, 1.82) is 0 Å². The van der Waals surface area contributed by atoms with E-state index in [1.807, 2.05) is 0 Å². The Balaban J connectivity index is 2.39. The highest BCUT2D eigenvalue weighted by Crippen LogP contribution is 2.41. The Morgan fingerprint density at radius 2 is 2.00 bits per heavy atom. The fraction of sp³-hybridized carbons (Fsp3) is 0.538. The molecule has 1 aromatic rings. The summed E-state index contributed by atoms with van der Waals surface area (Å²) in [6.45, 7) is 4.31. The molecule has 0 saturated heterocycles. The van der Waals surface area contributed by atoms with Crippen LogP contribution in [0.15, 0.2) is 23.1 Å². The van der Waals surface area contributed by atoms with E-state index >= 15 is 0 Å². The first-order chi connectivity index (χ1) is 7.09. The predicted molar refractivity (Wildman–Crippen MR) is 64.8 cm³/mol. The molecule has 1 atom stereocenters. The van der Waals surface area contributed by atoms with E-state index in [0.717, 1.165) is 10.8 Å². The van der Waals surface area contributed by atoms with Gasteiger partial charge < -0.3 is 4.55 Å². The molecule has 2 heteroatoms. The molecule has 15 heavy (non-hydrogen) atoms. The van der Waals surface area contributed by atoms with Crippen molar-refractivity contribution < 1.29 is 4.55 Å². The van der Waals surface area contributed by atoms with Gasteiger partial charge in [-0.1, -0.05) is 26.0 Å². The Morgan fingerprint density at radius 3 is 2.47 bits per heavy atom. The van der Waals surface area contributed by atoms with Gasteiger partial charge in [0.05, 0.1) is 0 Å². The molecule has 1 nitrogen and oxygen atoms in total. The van der Waals surface area contributed by atoms with E-state index in [0.29, 0.717) is 5.92 Å². The van der Waals surface area contributed by atoms with E-state index in [2.05, 4.69) is 32.0 Å². The number of benzene rings is 1. The molecule has 1 unspecified atom stereocenters. The maximum atomic E-state index is 11.7. The van der Waals surface area contributed by atoms with Crippen LogP contribution >= 0.6 is 0 Å². The Hall–Kier alpha value is -0.470. The van der Waals surface area contributed by atoms with Crippen molar-refractivity contribution in [3.63, 3.8) is 0 Å². The SMILES string of the molecule is CC(C)c1ccc(C2CC2)cc1[S+](C)[O-]. The van der Waals surface area contributed by atoms with Crippen LogP contribution in [0.5, 0.6) is 0 Å². The van der Waals surface area contributed by atoms with Crippen LogP contribution in [0, 0.1) is 0 Å². The second-order valence-electron chi connectivity index (χ2n) is 4.68. The Labute approximate surface area is 95.1 Å². The molecule has 0 heterocycles. The summed E-state index contributed by atoms with van der Waals surface area (Å²) in [7, 11) is 0. The zero-order valence-electron chi connectivity index (χ0n) is 9.62. The van der Waals surface area contributed by atoms with Gasteiger partial charge in [0.1, 0.15) is 6.26 Å². The highest BCUT2D eigenvalue weighted by molar-refractivity contribution is 7.90. The van der Waals surface area contributed by atoms with Crippen LogP contribution in [0.25, 0.3) is 0 Å². The number of hydrogen-bond acceptors (Lipinski definition) is 1. The summed E-state index contributed by atoms with van der Waals surface area (Å²) in [5.74, 6) is 1.20. The van der Waals surface area contributed by atoms with Crippen LogP contribution in [0.4, 0.5) is 0 Å². The second-order valence-corrected chi connectivity index (χ2v) is 6.03. The molecule has 0 radical (unpaired) electrons. The van der Waals surface area contributed by atoms with Gasteiger partial charge in [-0.2, -0.15) is 0 Å². The zero-order chi connectivity index (χ0) is 11.0. The second kappa shape index (κ2) is 4.18. The average molecular weight is 222 g/mol. The quantitative estimate of drug-likeness (QED) is 0.719. The summed E-state index contributed by atoms with van der Waals surface area (Å²) >= 11 is -0.860. The normalized spacial score (nSPS) is 18.2. The minimum absolute atomic E-state index is 0.456. The Kier molecular flexibility index (Phi) is 3.08. The fourth-order valence-electron chi connectivity index (χ4n) is 1.95. The van der Waals surface area contributed by atoms with E-state index < -0.39 is 11.2 Å². The maximum absolute atomic E-state index is 11.7. The van der Waals surface area contributed by atoms with E-state index in [4.69, 9.17) is 0 Å². The van der Waals surface area contributed by atoms with Gasteiger partial charge in [-0.3, -0.25) is 0 Å². The smallest absolute Gasteiger partial charge is 0.156 e. The minimum Gasteiger partial charge on any atom is -0.612 e. The third kappa shape index (κ3) is 2.37. The average Bonchev–Trinajstić information content (AvgIpc) is 2.99. The van der Waals surface area contributed by atoms with E-state index in [-0.39, 0.29) is 0 Å². The Morgan fingerprint density at radius 1 is 1.33 bits per heavy atom. The lowest BCUT2D eigenvalue weighted by molar-refractivity contribution is 0.598. The topological polar surface area (TPSA) is 23.1 Å². The lowest BCUT2D eigenvalue weighted by Gasteiger charge is -2.14. The summed E-state index contributed by atoms with van der Waals surface area (Å²) in [6.07, 6.45) is 4.38. The van der Waals surface area contributed by atoms with Gasteiger partial charge in [0, 0.05) is 5.56 Å². The largest absolute Gasteiger partial charge is 0.612 e. The van der Waals surface area contributed by atoms with E-state index in [1.54, 1.807) is 6.26 Å². The van der Waals surface area contributed by atoms with Crippen molar-refractivity contribution in [2.45, 2.75) is 43.4 Å². The molecule has 0 spiro atoms. The van der Waals surface area contributed by atoms with Gasteiger partial charge in [0.25, 0.3) is 0 Å². The lowest BCUT2D eigenvalue weighted by Crippen LogP contribution is -2.04. The molecule has 0 bridgehead atoms. The monoisotopic (exact) mass is 222 g/mol. The van der Waals surface area contributed by atoms with Crippen LogP contribution in [0.2, 0.25) is 0 Å². The zero-order valence-corrected chi connectivity index (χ0v) is 10.4. The molecular formula is C13H18OS. The number of rotatable bonds is 3. The van der Waals surface area contributed by atoms with Crippen molar-refractivity contribution in [2.75, 3.05) is 6.26 Å². The van der Waals surface area contributed by atoms with Gasteiger partial charge in [0.2, 0.25) is 0 Å². The van der Waals surface area contributed by atoms with E-state index in [9.17, 15) is 4.55 Å². The maximum Gasteiger partial charge on any atom is 0.156 e. The summed E-state index contributed by atoms with van der Waals surface area (Å²) in [6, 6.07) is 6.53. The van der Waals surface area contributed by atoms with Crippen LogP contribution < -0.4 is 0 Å². The summed E-state index contributed by atoms with van der Waals surface area (Å²) < 4.78 is 11.7. The third-order valence-corrected chi connectivity index (χ3v) is 3.99. The van der Waals surface area contributed by atoms with Gasteiger partial charge in [-0.05, 0) is 47.5 Å². The van der Waals surface area contributed by atoms with Crippen LogP contribution in [0.1, 0.15) is 49.7 Å². The molecule has 2 rings (SSSR count). The van der Waals surface area contributed by atoms with Crippen molar-refractivity contribution in [3.8, 4) is 0 Å². The highest BCUT2D eigenvalue weighted by atomic mass is 32.2. The first kappa shape index (κ1) is 11.0. The van der Waals surface area contributed by atoms with Crippen LogP contribution in [0.3, 0.4) is 0 Å². The van der Waals surface area contributed by atoms with Crippen LogP contribution in [-0.4, -0.2) is 10.8 Å². The molecule has 82 valence electrons. The summed E-state index contributed by atoms with van der Waals surface area (Å²) in [4.78, 5) is 1.04. The molecule has 1 saturated carbocycles. The first-order valence-corrected chi connectivity index (χ1v) is 7.12. The molecule has 0 aromatic heterocycles. The molecule has 0 aliphatic heterocycles. The molecule has 1 fully saturated rings. The lowest BCUT2D eigenvalue weighted by atomic mass is 10.0. The van der Waals surface area contributed by atoms with Crippen molar-refractivity contribution in [1.82, 2.24) is 0 Å². The highest BCUT2D eigenvalue weighted by Gasteiger charge is 2.26. The standard InChI is InChI=1S/C13H18OS/c1-9(2)12-7-6-11(10-4-5-10)8-13(12)15(3)14/h6-10H,4-5H2,1-3H3. The van der Waals surface area contributed by atoms with Gasteiger partial charge in [0.15, 0.2) is 4.90 Å². The minimum atomic E-state index is -0.860. The first-order valence-electron chi connectivity index (χ1n) is 5.57. The van der Waals surface area contributed by atoms with Crippen LogP contribution in [-0.2, 0) is 11.2 Å². The molecular weight excluding hydrogens is 204 g/mol. The molecule has 0 amide bonds. The number of hydrogen-bond donors (Lipinski definition) is 0. The third-order valence-electron chi connectivity index (χ3n) is 3.02. The van der Waals surface area contributed by atoms with Crippen molar-refractivity contribution in [2.24, 2.45) is 0 Å².